The zero-order valence-electron chi connectivity index (χ0n) is 23.1. The SMILES string of the molecule is O=C(Cc1ccccc1)NC(=S)Nc1ccc(Oc2ccnc(NC(=O)ON3CCC(CN4CCC4)CC3)c2)c(F)c1. The Morgan fingerprint density at radius 1 is 1.00 bits per heavy atom. The van der Waals surface area contributed by atoms with Gasteiger partial charge in [-0.2, -0.15) is 0 Å². The van der Waals surface area contributed by atoms with Crippen molar-refractivity contribution in [2.45, 2.75) is 25.7 Å². The molecular weight excluding hydrogens is 559 g/mol. The minimum absolute atomic E-state index is 0.0413. The van der Waals surface area contributed by atoms with E-state index in [2.05, 4.69) is 25.8 Å². The highest BCUT2D eigenvalue weighted by atomic mass is 32.1. The van der Waals surface area contributed by atoms with E-state index in [1.807, 2.05) is 30.3 Å². The Morgan fingerprint density at radius 2 is 1.79 bits per heavy atom. The first-order chi connectivity index (χ1) is 20.4. The number of nitrogens with zero attached hydrogens (tertiary/aromatic N) is 3. The topological polar surface area (TPSA) is 108 Å². The van der Waals surface area contributed by atoms with Gasteiger partial charge >= 0.3 is 6.09 Å². The lowest BCUT2D eigenvalue weighted by atomic mass is 9.96. The number of ether oxygens (including phenoxy) is 1. The van der Waals surface area contributed by atoms with E-state index in [0.717, 1.165) is 24.9 Å². The second kappa shape index (κ2) is 14.2. The third-order valence-corrected chi connectivity index (χ3v) is 7.29. The molecule has 0 unspecified atom stereocenters. The van der Waals surface area contributed by atoms with Crippen molar-refractivity contribution in [3.63, 3.8) is 0 Å². The van der Waals surface area contributed by atoms with Gasteiger partial charge in [0.1, 0.15) is 11.6 Å². The quantitative estimate of drug-likeness (QED) is 0.298. The molecule has 2 aliphatic heterocycles. The van der Waals surface area contributed by atoms with Crippen LogP contribution in [-0.2, 0) is 16.1 Å². The van der Waals surface area contributed by atoms with E-state index >= 15 is 0 Å². The number of hydrogen-bond donors (Lipinski definition) is 3. The maximum absolute atomic E-state index is 14.8. The van der Waals surface area contributed by atoms with Crippen molar-refractivity contribution < 1.29 is 23.6 Å². The highest BCUT2D eigenvalue weighted by molar-refractivity contribution is 7.80. The number of halogens is 1. The van der Waals surface area contributed by atoms with E-state index in [-0.39, 0.29) is 34.8 Å². The largest absolute Gasteiger partial charge is 0.454 e. The number of hydroxylamine groups is 2. The van der Waals surface area contributed by atoms with E-state index in [4.69, 9.17) is 21.8 Å². The Bertz CT molecular complexity index is 1400. The van der Waals surface area contributed by atoms with E-state index in [0.29, 0.717) is 24.7 Å². The monoisotopic (exact) mass is 592 g/mol. The first-order valence-electron chi connectivity index (χ1n) is 13.9. The molecule has 3 heterocycles. The Morgan fingerprint density at radius 3 is 2.50 bits per heavy atom. The third-order valence-electron chi connectivity index (χ3n) is 7.09. The molecule has 2 amide bonds. The molecule has 0 saturated carbocycles. The van der Waals surface area contributed by atoms with Gasteiger partial charge in [-0.15, -0.1) is 5.06 Å². The summed E-state index contributed by atoms with van der Waals surface area (Å²) < 4.78 is 20.5. The minimum Gasteiger partial charge on any atom is -0.454 e. The van der Waals surface area contributed by atoms with Crippen LogP contribution in [0.2, 0.25) is 0 Å². The van der Waals surface area contributed by atoms with Gasteiger partial charge in [-0.1, -0.05) is 30.3 Å². The molecule has 3 aromatic rings. The summed E-state index contributed by atoms with van der Waals surface area (Å²) in [4.78, 5) is 36.7. The molecule has 10 nitrogen and oxygen atoms in total. The molecule has 0 spiro atoms. The fourth-order valence-electron chi connectivity index (χ4n) is 4.80. The van der Waals surface area contributed by atoms with Gasteiger partial charge in [0.05, 0.1) is 6.42 Å². The van der Waals surface area contributed by atoms with E-state index in [9.17, 15) is 14.0 Å². The number of amides is 2. The molecule has 5 rings (SSSR count). The highest BCUT2D eigenvalue weighted by Crippen LogP contribution is 2.28. The maximum Gasteiger partial charge on any atom is 0.431 e. The summed E-state index contributed by atoms with van der Waals surface area (Å²) in [6, 6.07) is 16.5. The molecule has 2 aliphatic rings. The fraction of sp³-hybridized carbons (Fsp3) is 0.333. The number of anilines is 2. The van der Waals surface area contributed by atoms with Gasteiger partial charge in [0, 0.05) is 43.7 Å². The van der Waals surface area contributed by atoms with Crippen molar-refractivity contribution >= 4 is 40.8 Å². The van der Waals surface area contributed by atoms with Crippen LogP contribution in [0.5, 0.6) is 11.5 Å². The number of rotatable bonds is 9. The molecule has 1 aromatic heterocycles. The standard InChI is InChI=1S/C30H33FN6O4S/c31-25-18-23(33-29(42)35-28(38)17-21-5-2-1-3-6-21)7-8-26(25)40-24-9-12-32-27(19-24)34-30(39)41-37-15-10-22(11-16-37)20-36-13-4-14-36/h1-3,5-9,12,18-19,22H,4,10-11,13-17,20H2,(H,32,34,39)(H2,33,35,38,42). The fourth-order valence-corrected chi connectivity index (χ4v) is 5.03. The Hall–Kier alpha value is -4.13. The summed E-state index contributed by atoms with van der Waals surface area (Å²) in [5.74, 6) is 0.140. The van der Waals surface area contributed by atoms with Crippen LogP contribution in [0.15, 0.2) is 66.9 Å². The van der Waals surface area contributed by atoms with Gasteiger partial charge in [-0.05, 0) is 74.3 Å². The number of nitrogens with one attached hydrogen (secondary N) is 3. The summed E-state index contributed by atoms with van der Waals surface area (Å²) in [5, 5.41) is 9.70. The van der Waals surface area contributed by atoms with Crippen LogP contribution in [0.1, 0.15) is 24.8 Å². The molecule has 2 aromatic carbocycles. The molecule has 0 aliphatic carbocycles. The van der Waals surface area contributed by atoms with Crippen molar-refractivity contribution in [1.29, 1.82) is 0 Å². The zero-order chi connectivity index (χ0) is 29.3. The van der Waals surface area contributed by atoms with Crippen LogP contribution < -0.4 is 20.7 Å². The molecule has 42 heavy (non-hydrogen) atoms. The molecule has 0 atom stereocenters. The number of benzene rings is 2. The molecule has 0 radical (unpaired) electrons. The maximum atomic E-state index is 14.8. The zero-order valence-corrected chi connectivity index (χ0v) is 23.9. The molecule has 2 fully saturated rings. The van der Waals surface area contributed by atoms with Crippen LogP contribution in [0.25, 0.3) is 0 Å². The van der Waals surface area contributed by atoms with Crippen LogP contribution in [0.3, 0.4) is 0 Å². The van der Waals surface area contributed by atoms with Gasteiger partial charge in [-0.25, -0.2) is 14.2 Å². The normalized spacial score (nSPS) is 15.7. The summed E-state index contributed by atoms with van der Waals surface area (Å²) in [6.07, 6.45) is 4.22. The molecule has 220 valence electrons. The minimum atomic E-state index is -0.651. The van der Waals surface area contributed by atoms with Gasteiger partial charge in [0.15, 0.2) is 16.7 Å². The Kier molecular flexibility index (Phi) is 9.90. The van der Waals surface area contributed by atoms with Gasteiger partial charge in [0.2, 0.25) is 5.91 Å². The van der Waals surface area contributed by atoms with Gasteiger partial charge < -0.3 is 25.1 Å². The van der Waals surface area contributed by atoms with Crippen molar-refractivity contribution in [1.82, 2.24) is 20.3 Å². The Balaban J connectivity index is 1.07. The lowest BCUT2D eigenvalue weighted by molar-refractivity contribution is -0.119. The number of pyridine rings is 1. The van der Waals surface area contributed by atoms with E-state index in [1.165, 1.54) is 43.9 Å². The summed E-state index contributed by atoms with van der Waals surface area (Å²) in [6.45, 7) is 4.89. The molecule has 12 heteroatoms. The number of piperidine rings is 1. The number of aromatic nitrogens is 1. The van der Waals surface area contributed by atoms with Crippen LogP contribution in [-0.4, -0.2) is 64.8 Å². The van der Waals surface area contributed by atoms with Crippen LogP contribution in [0, 0.1) is 11.7 Å². The smallest absolute Gasteiger partial charge is 0.431 e. The third kappa shape index (κ3) is 8.68. The average Bonchev–Trinajstić information content (AvgIpc) is 2.94. The van der Waals surface area contributed by atoms with Crippen molar-refractivity contribution in [3.8, 4) is 11.5 Å². The van der Waals surface area contributed by atoms with Gasteiger partial charge in [0.25, 0.3) is 0 Å². The lowest BCUT2D eigenvalue weighted by Crippen LogP contribution is -2.44. The number of carbonyl (C=O) groups excluding carboxylic acids is 2. The summed E-state index contributed by atoms with van der Waals surface area (Å²) >= 11 is 5.18. The number of carbonyl (C=O) groups is 2. The number of hydrogen-bond acceptors (Lipinski definition) is 8. The van der Waals surface area contributed by atoms with E-state index in [1.54, 1.807) is 17.2 Å². The molecule has 2 saturated heterocycles. The van der Waals surface area contributed by atoms with Crippen molar-refractivity contribution in [2.24, 2.45) is 5.92 Å². The van der Waals surface area contributed by atoms with Crippen molar-refractivity contribution in [3.05, 3.63) is 78.2 Å². The molecule has 3 N–H and O–H groups in total. The summed E-state index contributed by atoms with van der Waals surface area (Å²) in [5.41, 5.74) is 1.19. The first-order valence-corrected chi connectivity index (χ1v) is 14.3. The Labute approximate surface area is 249 Å². The predicted octanol–water partition coefficient (Wildman–Crippen LogP) is 4.95. The second-order valence-corrected chi connectivity index (χ2v) is 10.7. The van der Waals surface area contributed by atoms with E-state index < -0.39 is 11.9 Å². The number of thiocarbonyl (C=S) groups is 1. The lowest BCUT2D eigenvalue weighted by Gasteiger charge is -2.37. The van der Waals surface area contributed by atoms with Crippen LogP contribution >= 0.6 is 12.2 Å². The van der Waals surface area contributed by atoms with Crippen LogP contribution in [0.4, 0.5) is 20.7 Å². The predicted molar refractivity (Wildman–Crippen MR) is 161 cm³/mol. The molecule has 0 bridgehead atoms. The van der Waals surface area contributed by atoms with Gasteiger partial charge in [-0.3, -0.25) is 10.1 Å². The molecular formula is C30H33FN6O4S. The second-order valence-electron chi connectivity index (χ2n) is 10.3. The number of likely N-dealkylation sites (tertiary alicyclic amines) is 1. The van der Waals surface area contributed by atoms with Crippen molar-refractivity contribution in [2.75, 3.05) is 43.4 Å². The first kappa shape index (κ1) is 29.4. The summed E-state index contributed by atoms with van der Waals surface area (Å²) in [7, 11) is 0. The average molecular weight is 593 g/mol. The highest BCUT2D eigenvalue weighted by Gasteiger charge is 2.25.